The van der Waals surface area contributed by atoms with Gasteiger partial charge in [0, 0.05) is 19.5 Å². The molecule has 0 bridgehead atoms. The predicted octanol–water partition coefficient (Wildman–Crippen LogP) is -1.82. The molecule has 3 unspecified atom stereocenters. The van der Waals surface area contributed by atoms with Gasteiger partial charge in [0.15, 0.2) is 11.5 Å². The molecule has 150 valence electrons. The van der Waals surface area contributed by atoms with E-state index >= 15 is 0 Å². The van der Waals surface area contributed by atoms with Crippen LogP contribution in [0.15, 0.2) is 11.1 Å². The Kier molecular flexibility index (Phi) is 6.46. The zero-order valence-corrected chi connectivity index (χ0v) is 15.4. The van der Waals surface area contributed by atoms with E-state index in [9.17, 15) is 19.6 Å². The quantitative estimate of drug-likeness (QED) is 0.269. The minimum absolute atomic E-state index is 0.0760. The number of nitrogens with zero attached hydrogens (tertiary/aromatic N) is 4. The first-order valence-corrected chi connectivity index (χ1v) is 9.32. The van der Waals surface area contributed by atoms with Crippen LogP contribution in [0.4, 0.5) is 11.6 Å². The maximum absolute atomic E-state index is 12.2. The first-order valence-electron chi connectivity index (χ1n) is 7.79. The highest BCUT2D eigenvalue weighted by molar-refractivity contribution is 7.46. The largest absolute Gasteiger partial charge is 0.469 e. The van der Waals surface area contributed by atoms with Crippen molar-refractivity contribution in [2.24, 2.45) is 13.0 Å². The number of nitrogens with one attached hydrogen (secondary N) is 1. The van der Waals surface area contributed by atoms with E-state index in [-0.39, 0.29) is 29.2 Å². The predicted molar refractivity (Wildman–Crippen MR) is 94.6 cm³/mol. The fraction of sp³-hybridized carbons (Fsp3) is 0.538. The molecule has 0 amide bonds. The lowest BCUT2D eigenvalue weighted by molar-refractivity contribution is -0.0198. The zero-order valence-electron chi connectivity index (χ0n) is 14.6. The van der Waals surface area contributed by atoms with Gasteiger partial charge in [-0.1, -0.05) is 6.92 Å². The number of fused-ring (bicyclic) bond motifs is 1. The van der Waals surface area contributed by atoms with E-state index in [2.05, 4.69) is 24.9 Å². The molecular weight excluding hydrogens is 383 g/mol. The van der Waals surface area contributed by atoms with E-state index < -0.39 is 38.0 Å². The number of nitrogen functional groups attached to an aromatic ring is 1. The third-order valence-electron chi connectivity index (χ3n) is 3.81. The maximum Gasteiger partial charge on any atom is 0.469 e. The van der Waals surface area contributed by atoms with Crippen LogP contribution in [0.5, 0.6) is 0 Å². The normalized spacial score (nSPS) is 15.5. The van der Waals surface area contributed by atoms with Gasteiger partial charge in [-0.05, 0) is 0 Å². The van der Waals surface area contributed by atoms with Crippen molar-refractivity contribution in [2.75, 3.05) is 24.2 Å². The number of aryl methyl sites for hydroxylation is 1. The van der Waals surface area contributed by atoms with Crippen molar-refractivity contribution in [3.05, 3.63) is 16.6 Å². The van der Waals surface area contributed by atoms with Crippen LogP contribution >= 0.6 is 7.82 Å². The molecule has 0 aliphatic rings. The minimum Gasteiger partial charge on any atom is -0.390 e. The molecule has 7 N–H and O–H groups in total. The number of rotatable bonds is 8. The highest BCUT2D eigenvalue weighted by Gasteiger charge is 2.26. The van der Waals surface area contributed by atoms with Gasteiger partial charge in [-0.25, -0.2) is 19.2 Å². The Morgan fingerprint density at radius 1 is 1.37 bits per heavy atom. The lowest BCUT2D eigenvalue weighted by Gasteiger charge is -2.24. The highest BCUT2D eigenvalue weighted by Crippen LogP contribution is 2.36. The number of anilines is 2. The molecular formula is C13H21N6O7P. The highest BCUT2D eigenvalue weighted by atomic mass is 31.2. The first-order chi connectivity index (χ1) is 12.5. The number of phosphoric ester groups is 1. The molecule has 0 saturated carbocycles. The summed E-state index contributed by atoms with van der Waals surface area (Å²) in [6.45, 7) is 0.784. The third kappa shape index (κ3) is 5.19. The molecule has 0 aromatic carbocycles. The summed E-state index contributed by atoms with van der Waals surface area (Å²) in [5.41, 5.74) is 5.22. The molecule has 3 atom stereocenters. The van der Waals surface area contributed by atoms with Crippen molar-refractivity contribution in [2.45, 2.75) is 19.1 Å². The molecule has 0 aliphatic heterocycles. The average Bonchev–Trinajstić information content (AvgIpc) is 2.60. The Hall–Kier alpha value is -2.15. The van der Waals surface area contributed by atoms with E-state index in [1.165, 1.54) is 17.9 Å². The first kappa shape index (κ1) is 21.2. The number of phosphoric acid groups is 1. The van der Waals surface area contributed by atoms with Crippen LogP contribution in [0.2, 0.25) is 0 Å². The van der Waals surface area contributed by atoms with Gasteiger partial charge in [0.25, 0.3) is 0 Å². The van der Waals surface area contributed by atoms with Gasteiger partial charge >= 0.3 is 7.82 Å². The van der Waals surface area contributed by atoms with E-state index in [1.807, 2.05) is 0 Å². The lowest BCUT2D eigenvalue weighted by Crippen LogP contribution is -2.39. The number of aromatic nitrogens is 4. The summed E-state index contributed by atoms with van der Waals surface area (Å²) in [6.07, 6.45) is -1.50. The standard InChI is InChI=1S/C13H21N6O7P/c1-6(4-26-27(23,24)25)9(21)7(20)3-15-12-8-10(22)11(14)18-19(2)13(8)17-5-16-12/h5-7,9,20-21H,3-4H2,1-2H3,(H2,14,18)(H,15,16,17)(H2,23,24,25). The molecule has 14 heteroatoms. The Balaban J connectivity index is 2.12. The van der Waals surface area contributed by atoms with Crippen LogP contribution in [-0.2, 0) is 16.1 Å². The summed E-state index contributed by atoms with van der Waals surface area (Å²) in [5, 5.41) is 26.8. The Morgan fingerprint density at radius 2 is 2.04 bits per heavy atom. The number of aliphatic hydroxyl groups is 2. The molecule has 13 nitrogen and oxygen atoms in total. The smallest absolute Gasteiger partial charge is 0.390 e. The van der Waals surface area contributed by atoms with Gasteiger partial charge in [0.05, 0.1) is 18.8 Å². The van der Waals surface area contributed by atoms with Crippen molar-refractivity contribution in [3.63, 3.8) is 0 Å². The molecule has 27 heavy (non-hydrogen) atoms. The van der Waals surface area contributed by atoms with Crippen molar-refractivity contribution >= 4 is 30.5 Å². The molecule has 0 radical (unpaired) electrons. The SMILES string of the molecule is CC(COP(=O)(O)O)C(O)C(O)CNc1ncnc2c1c(=O)c(N)nn2C. The van der Waals surface area contributed by atoms with E-state index in [1.54, 1.807) is 7.05 Å². The second-order valence-electron chi connectivity index (χ2n) is 5.96. The van der Waals surface area contributed by atoms with Crippen LogP contribution < -0.4 is 16.5 Å². The van der Waals surface area contributed by atoms with Gasteiger partial charge in [0.2, 0.25) is 5.43 Å². The fourth-order valence-electron chi connectivity index (χ4n) is 2.36. The van der Waals surface area contributed by atoms with Crippen molar-refractivity contribution in [1.82, 2.24) is 19.7 Å². The van der Waals surface area contributed by atoms with Gasteiger partial charge in [-0.15, -0.1) is 5.10 Å². The zero-order chi connectivity index (χ0) is 20.4. The number of hydrogen-bond acceptors (Lipinski definition) is 10. The number of aliphatic hydroxyl groups excluding tert-OH is 2. The molecule has 0 aliphatic carbocycles. The molecule has 0 fully saturated rings. The molecule has 2 heterocycles. The van der Waals surface area contributed by atoms with Gasteiger partial charge < -0.3 is 31.1 Å². The summed E-state index contributed by atoms with van der Waals surface area (Å²) >= 11 is 0. The number of hydrogen-bond donors (Lipinski definition) is 6. The monoisotopic (exact) mass is 404 g/mol. The summed E-state index contributed by atoms with van der Waals surface area (Å²) in [7, 11) is -3.12. The van der Waals surface area contributed by atoms with Gasteiger partial charge in [-0.3, -0.25) is 9.32 Å². The maximum atomic E-state index is 12.2. The summed E-state index contributed by atoms with van der Waals surface area (Å²) < 4.78 is 16.3. The minimum atomic E-state index is -4.68. The molecule has 0 saturated heterocycles. The second-order valence-corrected chi connectivity index (χ2v) is 7.20. The molecule has 2 rings (SSSR count). The van der Waals surface area contributed by atoms with Crippen LogP contribution in [0, 0.1) is 5.92 Å². The van der Waals surface area contributed by atoms with Crippen LogP contribution in [0.1, 0.15) is 6.92 Å². The van der Waals surface area contributed by atoms with Crippen LogP contribution in [0.3, 0.4) is 0 Å². The van der Waals surface area contributed by atoms with Crippen LogP contribution in [0.25, 0.3) is 11.0 Å². The third-order valence-corrected chi connectivity index (χ3v) is 4.30. The lowest BCUT2D eigenvalue weighted by atomic mass is 10.0. The molecule has 0 spiro atoms. The Morgan fingerprint density at radius 3 is 2.67 bits per heavy atom. The van der Waals surface area contributed by atoms with Gasteiger partial charge in [-0.2, -0.15) is 0 Å². The van der Waals surface area contributed by atoms with Crippen molar-refractivity contribution in [3.8, 4) is 0 Å². The Bertz CT molecular complexity index is 916. The van der Waals surface area contributed by atoms with E-state index in [0.29, 0.717) is 0 Å². The second kappa shape index (κ2) is 8.25. The summed E-state index contributed by atoms with van der Waals surface area (Å²) in [4.78, 5) is 37.5. The van der Waals surface area contributed by atoms with E-state index in [0.717, 1.165) is 0 Å². The van der Waals surface area contributed by atoms with Crippen LogP contribution in [-0.4, -0.2) is 65.1 Å². The molecule has 2 aromatic rings. The molecule has 2 aromatic heterocycles. The Labute approximate surface area is 153 Å². The van der Waals surface area contributed by atoms with E-state index in [4.69, 9.17) is 15.5 Å². The average molecular weight is 404 g/mol. The van der Waals surface area contributed by atoms with Crippen molar-refractivity contribution < 1.29 is 29.1 Å². The summed E-state index contributed by atoms with van der Waals surface area (Å²) in [5.74, 6) is -0.920. The fourth-order valence-corrected chi connectivity index (χ4v) is 2.79. The topological polar surface area (TPSA) is 206 Å². The van der Waals surface area contributed by atoms with Crippen molar-refractivity contribution in [1.29, 1.82) is 0 Å². The summed E-state index contributed by atoms with van der Waals surface area (Å²) in [6, 6.07) is 0. The van der Waals surface area contributed by atoms with Gasteiger partial charge in [0.1, 0.15) is 17.5 Å². The number of nitrogens with two attached hydrogens (primary N) is 1.